The zero-order chi connectivity index (χ0) is 27.3. The van der Waals surface area contributed by atoms with Crippen LogP contribution in [-0.4, -0.2) is 60.4 Å². The molecule has 2 heterocycles. The van der Waals surface area contributed by atoms with E-state index >= 15 is 0 Å². The highest BCUT2D eigenvalue weighted by Gasteiger charge is 2.32. The molecule has 9 nitrogen and oxygen atoms in total. The summed E-state index contributed by atoms with van der Waals surface area (Å²) in [7, 11) is 1.39. The predicted molar refractivity (Wildman–Crippen MR) is 127 cm³/mol. The van der Waals surface area contributed by atoms with Crippen LogP contribution in [0.1, 0.15) is 55.8 Å². The van der Waals surface area contributed by atoms with Gasteiger partial charge in [-0.25, -0.2) is 9.67 Å². The molecule has 0 aliphatic heterocycles. The average molecular weight is 523 g/mol. The molecular weight excluding hydrogens is 493 g/mol. The second-order valence-corrected chi connectivity index (χ2v) is 8.94. The minimum Gasteiger partial charge on any atom is -0.481 e. The van der Waals surface area contributed by atoms with E-state index in [4.69, 9.17) is 9.84 Å². The lowest BCUT2D eigenvalue weighted by Gasteiger charge is -2.16. The summed E-state index contributed by atoms with van der Waals surface area (Å²) in [6.45, 7) is 3.78. The molecule has 1 aromatic carbocycles. The molecule has 0 bridgehead atoms. The third-order valence-corrected chi connectivity index (χ3v) is 5.73. The fraction of sp³-hybridized carbons (Fsp3) is 0.440. The monoisotopic (exact) mass is 522 g/mol. The Bertz CT molecular complexity index is 1230. The van der Waals surface area contributed by atoms with Gasteiger partial charge in [-0.15, -0.1) is 0 Å². The molecule has 0 saturated heterocycles. The van der Waals surface area contributed by atoms with Crippen LogP contribution in [0.2, 0.25) is 0 Å². The summed E-state index contributed by atoms with van der Waals surface area (Å²) >= 11 is 0. The lowest BCUT2D eigenvalue weighted by atomic mass is 9.94. The van der Waals surface area contributed by atoms with E-state index < -0.39 is 36.3 Å². The van der Waals surface area contributed by atoms with E-state index in [0.29, 0.717) is 17.0 Å². The number of rotatable bonds is 11. The highest BCUT2D eigenvalue weighted by molar-refractivity contribution is 5.68. The van der Waals surface area contributed by atoms with Crippen molar-refractivity contribution in [1.82, 2.24) is 19.7 Å². The van der Waals surface area contributed by atoms with Crippen LogP contribution in [0, 0.1) is 0 Å². The Balaban J connectivity index is 2.12. The maximum absolute atomic E-state index is 13.5. The van der Waals surface area contributed by atoms with Crippen LogP contribution in [0.15, 0.2) is 36.5 Å². The largest absolute Gasteiger partial charge is 0.481 e. The fourth-order valence-electron chi connectivity index (χ4n) is 4.06. The normalized spacial score (nSPS) is 13.5. The molecule has 2 atom stereocenters. The van der Waals surface area contributed by atoms with Crippen molar-refractivity contribution < 1.29 is 38.0 Å². The Morgan fingerprint density at radius 3 is 2.51 bits per heavy atom. The average Bonchev–Trinajstić information content (AvgIpc) is 3.21. The van der Waals surface area contributed by atoms with E-state index in [1.54, 1.807) is 12.1 Å². The number of aliphatic hydroxyl groups is 2. The number of benzene rings is 1. The second kappa shape index (κ2) is 11.7. The first-order valence-corrected chi connectivity index (χ1v) is 11.7. The van der Waals surface area contributed by atoms with Gasteiger partial charge in [-0.2, -0.15) is 23.3 Å². The van der Waals surface area contributed by atoms with Gasteiger partial charge in [-0.05, 0) is 37.3 Å². The second-order valence-electron chi connectivity index (χ2n) is 8.94. The number of alkyl halides is 3. The van der Waals surface area contributed by atoms with Crippen LogP contribution in [0.3, 0.4) is 0 Å². The van der Waals surface area contributed by atoms with E-state index in [9.17, 15) is 28.2 Å². The number of nitrogens with zero attached hydrogens (tertiary/aromatic N) is 4. The molecular formula is C25H29F3N4O5. The topological polar surface area (TPSA) is 131 Å². The maximum Gasteiger partial charge on any atom is 0.416 e. The zero-order valence-corrected chi connectivity index (χ0v) is 20.6. The van der Waals surface area contributed by atoms with Crippen LogP contribution in [0.5, 0.6) is 6.01 Å². The number of aliphatic carboxylic acids is 1. The van der Waals surface area contributed by atoms with Gasteiger partial charge in [0, 0.05) is 23.4 Å². The third-order valence-electron chi connectivity index (χ3n) is 5.73. The first kappa shape index (κ1) is 28.1. The van der Waals surface area contributed by atoms with E-state index in [0.717, 1.165) is 12.1 Å². The summed E-state index contributed by atoms with van der Waals surface area (Å²) in [4.78, 5) is 19.1. The molecule has 2 aromatic heterocycles. The van der Waals surface area contributed by atoms with E-state index in [-0.39, 0.29) is 42.6 Å². The minimum atomic E-state index is -4.56. The van der Waals surface area contributed by atoms with Crippen molar-refractivity contribution in [2.75, 3.05) is 7.11 Å². The summed E-state index contributed by atoms with van der Waals surface area (Å²) in [6, 6.07) is 6.48. The summed E-state index contributed by atoms with van der Waals surface area (Å²) in [5.74, 6) is -1.03. The van der Waals surface area contributed by atoms with Crippen molar-refractivity contribution in [2.45, 2.75) is 63.8 Å². The Morgan fingerprint density at radius 1 is 1.16 bits per heavy atom. The molecule has 37 heavy (non-hydrogen) atoms. The number of ether oxygens (including phenoxy) is 1. The van der Waals surface area contributed by atoms with Crippen molar-refractivity contribution in [3.63, 3.8) is 0 Å². The Hall–Kier alpha value is -3.51. The number of halogens is 3. The fourth-order valence-corrected chi connectivity index (χ4v) is 4.06. The van der Waals surface area contributed by atoms with Crippen molar-refractivity contribution in [1.29, 1.82) is 0 Å². The number of hydrogen-bond acceptors (Lipinski definition) is 7. The minimum absolute atomic E-state index is 0.0541. The highest BCUT2D eigenvalue weighted by Crippen LogP contribution is 2.37. The molecule has 0 fully saturated rings. The van der Waals surface area contributed by atoms with Crippen molar-refractivity contribution in [3.8, 4) is 23.1 Å². The number of hydrogen-bond donors (Lipinski definition) is 3. The summed E-state index contributed by atoms with van der Waals surface area (Å²) in [6.07, 6.45) is -5.69. The maximum atomic E-state index is 13.5. The van der Waals surface area contributed by atoms with Crippen molar-refractivity contribution in [2.24, 2.45) is 0 Å². The molecule has 12 heteroatoms. The summed E-state index contributed by atoms with van der Waals surface area (Å²) in [5.41, 5.74) is 1.00. The first-order valence-electron chi connectivity index (χ1n) is 11.7. The standard InChI is InChI=1S/C25H29F3N4O5/c1-14(2)22-19(8-7-17(33)12-18(34)13-21(35)36)23(15-5-4-6-16(11-15)25(26,27)28)32(31-22)20-9-10-29-24(30-20)37-3/h4-6,9-11,14,17-18,33-34H,7-8,12-13H2,1-3H3,(H,35,36)/t17-,18-/m1/s1. The molecule has 0 aliphatic rings. The Kier molecular flexibility index (Phi) is 8.87. The van der Waals surface area contributed by atoms with Gasteiger partial charge in [-0.3, -0.25) is 4.79 Å². The number of aliphatic hydroxyl groups excluding tert-OH is 2. The number of methoxy groups -OCH3 is 1. The Morgan fingerprint density at radius 2 is 1.89 bits per heavy atom. The molecule has 3 aromatic rings. The van der Waals surface area contributed by atoms with Crippen molar-refractivity contribution >= 4 is 5.97 Å². The number of carbonyl (C=O) groups is 1. The molecule has 0 spiro atoms. The van der Waals surface area contributed by atoms with Gasteiger partial charge in [0.25, 0.3) is 0 Å². The van der Waals surface area contributed by atoms with Gasteiger partial charge in [-0.1, -0.05) is 26.0 Å². The van der Waals surface area contributed by atoms with Gasteiger partial charge in [0.1, 0.15) is 0 Å². The third kappa shape index (κ3) is 7.04. The van der Waals surface area contributed by atoms with Crippen LogP contribution in [0.4, 0.5) is 13.2 Å². The molecule has 0 radical (unpaired) electrons. The van der Waals surface area contributed by atoms with Crippen molar-refractivity contribution in [3.05, 3.63) is 53.3 Å². The molecule has 3 N–H and O–H groups in total. The lowest BCUT2D eigenvalue weighted by molar-refractivity contribution is -0.139. The number of aromatic nitrogens is 4. The van der Waals surface area contributed by atoms with Crippen LogP contribution in [0.25, 0.3) is 17.1 Å². The number of carboxylic acids is 1. The smallest absolute Gasteiger partial charge is 0.416 e. The van der Waals surface area contributed by atoms with E-state index in [1.165, 1.54) is 24.1 Å². The zero-order valence-electron chi connectivity index (χ0n) is 20.6. The van der Waals surface area contributed by atoms with Gasteiger partial charge >= 0.3 is 18.2 Å². The first-order chi connectivity index (χ1) is 17.4. The summed E-state index contributed by atoms with van der Waals surface area (Å²) in [5, 5.41) is 33.9. The highest BCUT2D eigenvalue weighted by atomic mass is 19.4. The Labute approximate surface area is 211 Å². The van der Waals surface area contributed by atoms with E-state index in [1.807, 2.05) is 13.8 Å². The van der Waals surface area contributed by atoms with Crippen LogP contribution < -0.4 is 4.74 Å². The lowest BCUT2D eigenvalue weighted by Crippen LogP contribution is -2.21. The molecule has 200 valence electrons. The van der Waals surface area contributed by atoms with Gasteiger partial charge in [0.15, 0.2) is 5.82 Å². The van der Waals surface area contributed by atoms with E-state index in [2.05, 4.69) is 15.1 Å². The van der Waals surface area contributed by atoms with Crippen LogP contribution >= 0.6 is 0 Å². The molecule has 0 saturated carbocycles. The SMILES string of the molecule is COc1nccc(-n2nc(C(C)C)c(CC[C@@H](O)C[C@@H](O)CC(=O)O)c2-c2cccc(C(F)(F)F)c2)n1. The van der Waals surface area contributed by atoms with Gasteiger partial charge in [0.2, 0.25) is 0 Å². The molecule has 0 unspecified atom stereocenters. The molecule has 3 rings (SSSR count). The number of carboxylic acid groups (broad SMARTS) is 1. The van der Waals surface area contributed by atoms with Gasteiger partial charge < -0.3 is 20.1 Å². The molecule has 0 aliphatic carbocycles. The van der Waals surface area contributed by atoms with Gasteiger partial charge in [0.05, 0.1) is 42.7 Å². The summed E-state index contributed by atoms with van der Waals surface area (Å²) < 4.78 is 47.2. The predicted octanol–water partition coefficient (Wildman–Crippen LogP) is 4.00. The van der Waals surface area contributed by atoms with Crippen LogP contribution in [-0.2, 0) is 17.4 Å². The quantitative estimate of drug-likeness (QED) is 0.345. The molecule has 0 amide bonds.